The van der Waals surface area contributed by atoms with Crippen molar-refractivity contribution >= 4 is 12.0 Å². The number of rotatable bonds is 6. The Morgan fingerprint density at radius 3 is 2.83 bits per heavy atom. The maximum Gasteiger partial charge on any atom is 0.407 e. The van der Waals surface area contributed by atoms with Gasteiger partial charge in [-0.05, 0) is 31.9 Å². The number of amides is 2. The molecule has 1 aromatic rings. The molecule has 6 heteroatoms. The van der Waals surface area contributed by atoms with Crippen LogP contribution in [0.2, 0.25) is 0 Å². The second-order valence-electron chi connectivity index (χ2n) is 5.70. The average Bonchev–Trinajstić information content (AvgIpc) is 2.54. The lowest BCUT2D eigenvalue weighted by Crippen LogP contribution is -2.50. The molecule has 1 atom stereocenters. The Hall–Kier alpha value is -2.08. The van der Waals surface area contributed by atoms with Crippen molar-refractivity contribution in [3.8, 4) is 0 Å². The summed E-state index contributed by atoms with van der Waals surface area (Å²) in [5.74, 6) is 0.00522. The number of hydrogen-bond donors (Lipinski definition) is 2. The summed E-state index contributed by atoms with van der Waals surface area (Å²) in [6.07, 6.45) is 1.50. The Balaban J connectivity index is 1.71. The summed E-state index contributed by atoms with van der Waals surface area (Å²) in [5.41, 5.74) is 1.08. The van der Waals surface area contributed by atoms with Crippen LogP contribution in [0.4, 0.5) is 4.79 Å². The van der Waals surface area contributed by atoms with E-state index >= 15 is 0 Å². The minimum Gasteiger partial charge on any atom is -0.450 e. The molecule has 1 aliphatic rings. The largest absolute Gasteiger partial charge is 0.450 e. The van der Waals surface area contributed by atoms with Gasteiger partial charge in [-0.3, -0.25) is 9.69 Å². The number of hydrogen-bond acceptors (Lipinski definition) is 4. The SMILES string of the molecule is CCOC(=O)NC1CCCN(CC(=O)NCc2ccccc2)C1. The number of piperidine rings is 1. The van der Waals surface area contributed by atoms with Gasteiger partial charge < -0.3 is 15.4 Å². The molecule has 0 spiro atoms. The van der Waals surface area contributed by atoms with Gasteiger partial charge in [-0.2, -0.15) is 0 Å². The van der Waals surface area contributed by atoms with Crippen molar-refractivity contribution in [2.24, 2.45) is 0 Å². The van der Waals surface area contributed by atoms with Crippen LogP contribution in [0.5, 0.6) is 0 Å². The molecule has 1 saturated heterocycles. The van der Waals surface area contributed by atoms with Crippen LogP contribution in [-0.4, -0.2) is 49.2 Å². The van der Waals surface area contributed by atoms with E-state index in [2.05, 4.69) is 15.5 Å². The van der Waals surface area contributed by atoms with Gasteiger partial charge >= 0.3 is 6.09 Å². The fourth-order valence-corrected chi connectivity index (χ4v) is 2.71. The monoisotopic (exact) mass is 319 g/mol. The van der Waals surface area contributed by atoms with Gasteiger partial charge in [0.25, 0.3) is 0 Å². The Bertz CT molecular complexity index is 507. The third-order valence-electron chi connectivity index (χ3n) is 3.80. The number of likely N-dealkylation sites (tertiary alicyclic amines) is 1. The molecular formula is C17H25N3O3. The van der Waals surface area contributed by atoms with Crippen molar-refractivity contribution in [2.45, 2.75) is 32.4 Å². The molecule has 1 unspecified atom stereocenters. The molecule has 2 amide bonds. The van der Waals surface area contributed by atoms with Crippen molar-refractivity contribution in [3.05, 3.63) is 35.9 Å². The topological polar surface area (TPSA) is 70.7 Å². The van der Waals surface area contributed by atoms with E-state index in [9.17, 15) is 9.59 Å². The van der Waals surface area contributed by atoms with Crippen LogP contribution in [0.1, 0.15) is 25.3 Å². The number of carbonyl (C=O) groups excluding carboxylic acids is 2. The molecule has 126 valence electrons. The first-order chi connectivity index (χ1) is 11.2. The van der Waals surface area contributed by atoms with Crippen molar-refractivity contribution in [1.29, 1.82) is 0 Å². The summed E-state index contributed by atoms with van der Waals surface area (Å²) in [6.45, 7) is 4.59. The van der Waals surface area contributed by atoms with Gasteiger partial charge in [0, 0.05) is 19.1 Å². The minimum atomic E-state index is -0.382. The van der Waals surface area contributed by atoms with Gasteiger partial charge in [-0.1, -0.05) is 30.3 Å². The Kier molecular flexibility index (Phi) is 6.87. The van der Waals surface area contributed by atoms with Gasteiger partial charge in [0.05, 0.1) is 13.2 Å². The fraction of sp³-hybridized carbons (Fsp3) is 0.529. The Morgan fingerprint density at radius 1 is 1.30 bits per heavy atom. The highest BCUT2D eigenvalue weighted by atomic mass is 16.5. The van der Waals surface area contributed by atoms with E-state index in [1.54, 1.807) is 6.92 Å². The van der Waals surface area contributed by atoms with Gasteiger partial charge in [0.1, 0.15) is 0 Å². The number of benzene rings is 1. The van der Waals surface area contributed by atoms with E-state index in [0.717, 1.165) is 24.9 Å². The summed E-state index contributed by atoms with van der Waals surface area (Å²) >= 11 is 0. The first-order valence-electron chi connectivity index (χ1n) is 8.13. The van der Waals surface area contributed by atoms with Crippen LogP contribution in [0.15, 0.2) is 30.3 Å². The molecule has 0 saturated carbocycles. The smallest absolute Gasteiger partial charge is 0.407 e. The highest BCUT2D eigenvalue weighted by molar-refractivity contribution is 5.78. The first kappa shape index (κ1) is 17.3. The molecular weight excluding hydrogens is 294 g/mol. The molecule has 0 radical (unpaired) electrons. The number of ether oxygens (including phenoxy) is 1. The highest BCUT2D eigenvalue weighted by Gasteiger charge is 2.23. The molecule has 0 aliphatic carbocycles. The maximum atomic E-state index is 12.1. The minimum absolute atomic E-state index is 0.00522. The average molecular weight is 319 g/mol. The third-order valence-corrected chi connectivity index (χ3v) is 3.80. The number of carbonyl (C=O) groups is 2. The van der Waals surface area contributed by atoms with E-state index in [1.807, 2.05) is 30.3 Å². The maximum absolute atomic E-state index is 12.1. The zero-order chi connectivity index (χ0) is 16.5. The van der Waals surface area contributed by atoms with Crippen molar-refractivity contribution < 1.29 is 14.3 Å². The van der Waals surface area contributed by atoms with Crippen molar-refractivity contribution in [2.75, 3.05) is 26.2 Å². The number of alkyl carbamates (subject to hydrolysis) is 1. The Labute approximate surface area is 137 Å². The lowest BCUT2D eigenvalue weighted by molar-refractivity contribution is -0.122. The van der Waals surface area contributed by atoms with Crippen LogP contribution in [0, 0.1) is 0 Å². The zero-order valence-electron chi connectivity index (χ0n) is 13.6. The van der Waals surface area contributed by atoms with Crippen LogP contribution in [0.3, 0.4) is 0 Å². The molecule has 1 aromatic carbocycles. The highest BCUT2D eigenvalue weighted by Crippen LogP contribution is 2.10. The molecule has 0 aromatic heterocycles. The lowest BCUT2D eigenvalue weighted by Gasteiger charge is -2.32. The summed E-state index contributed by atoms with van der Waals surface area (Å²) in [5, 5.41) is 5.78. The molecule has 6 nitrogen and oxygen atoms in total. The number of nitrogens with one attached hydrogen (secondary N) is 2. The number of nitrogens with zero attached hydrogens (tertiary/aromatic N) is 1. The van der Waals surface area contributed by atoms with Crippen LogP contribution < -0.4 is 10.6 Å². The normalized spacial score (nSPS) is 18.2. The van der Waals surface area contributed by atoms with Crippen molar-refractivity contribution in [1.82, 2.24) is 15.5 Å². The van der Waals surface area contributed by atoms with Gasteiger partial charge in [-0.25, -0.2) is 4.79 Å². The molecule has 1 aliphatic heterocycles. The van der Waals surface area contributed by atoms with Gasteiger partial charge in [0.2, 0.25) is 5.91 Å². The molecule has 0 bridgehead atoms. The van der Waals surface area contributed by atoms with E-state index in [1.165, 1.54) is 0 Å². The van der Waals surface area contributed by atoms with Gasteiger partial charge in [0.15, 0.2) is 0 Å². The van der Waals surface area contributed by atoms with E-state index in [0.29, 0.717) is 26.2 Å². The van der Waals surface area contributed by atoms with E-state index in [4.69, 9.17) is 4.74 Å². The predicted molar refractivity (Wildman–Crippen MR) is 87.9 cm³/mol. The predicted octanol–water partition coefficient (Wildman–Crippen LogP) is 1.51. The summed E-state index contributed by atoms with van der Waals surface area (Å²) in [4.78, 5) is 25.6. The van der Waals surface area contributed by atoms with E-state index in [-0.39, 0.29) is 18.0 Å². The second kappa shape index (κ2) is 9.15. The molecule has 1 fully saturated rings. The van der Waals surface area contributed by atoms with Crippen LogP contribution in [-0.2, 0) is 16.1 Å². The van der Waals surface area contributed by atoms with Crippen LogP contribution in [0.25, 0.3) is 0 Å². The summed E-state index contributed by atoms with van der Waals surface area (Å²) in [6, 6.07) is 9.89. The quantitative estimate of drug-likeness (QED) is 0.834. The molecule has 2 N–H and O–H groups in total. The molecule has 2 rings (SSSR count). The van der Waals surface area contributed by atoms with Crippen LogP contribution >= 0.6 is 0 Å². The summed E-state index contributed by atoms with van der Waals surface area (Å²) in [7, 11) is 0. The first-order valence-corrected chi connectivity index (χ1v) is 8.13. The van der Waals surface area contributed by atoms with E-state index < -0.39 is 0 Å². The fourth-order valence-electron chi connectivity index (χ4n) is 2.71. The zero-order valence-corrected chi connectivity index (χ0v) is 13.6. The second-order valence-corrected chi connectivity index (χ2v) is 5.70. The van der Waals surface area contributed by atoms with Gasteiger partial charge in [-0.15, -0.1) is 0 Å². The standard InChI is InChI=1S/C17H25N3O3/c1-2-23-17(22)19-15-9-6-10-20(12-15)13-16(21)18-11-14-7-4-3-5-8-14/h3-5,7-8,15H,2,6,9-13H2,1H3,(H,18,21)(H,19,22). The molecule has 1 heterocycles. The summed E-state index contributed by atoms with van der Waals surface area (Å²) < 4.78 is 4.90. The lowest BCUT2D eigenvalue weighted by atomic mass is 10.1. The van der Waals surface area contributed by atoms with Crippen molar-refractivity contribution in [3.63, 3.8) is 0 Å². The Morgan fingerprint density at radius 2 is 2.09 bits per heavy atom. The molecule has 23 heavy (non-hydrogen) atoms. The third kappa shape index (κ3) is 6.28.